The van der Waals surface area contributed by atoms with Gasteiger partial charge in [0.15, 0.2) is 11.5 Å². The molecule has 1 amide bonds. The number of ether oxygens (including phenoxy) is 2. The highest BCUT2D eigenvalue weighted by Gasteiger charge is 2.30. The van der Waals surface area contributed by atoms with Crippen LogP contribution >= 0.6 is 11.6 Å². The molecule has 0 unspecified atom stereocenters. The van der Waals surface area contributed by atoms with Crippen molar-refractivity contribution in [1.82, 2.24) is 0 Å². The largest absolute Gasteiger partial charge is 0.486 e. The van der Waals surface area contributed by atoms with E-state index in [1.807, 2.05) is 0 Å². The minimum absolute atomic E-state index is 0.277. The number of anilines is 1. The maximum absolute atomic E-state index is 12.9. The molecule has 4 nitrogen and oxygen atoms in total. The molecule has 8 heteroatoms. The summed E-state index contributed by atoms with van der Waals surface area (Å²) in [5, 5.41) is 3.01. The SMILES string of the molecule is O=C(Nc1cc2c(cc1Cl)OCCO2)c1ccccc1-c1ccc(C(F)(F)F)cc1. The Bertz CT molecular complexity index is 1100. The Morgan fingerprint density at radius 1 is 0.933 bits per heavy atom. The zero-order chi connectivity index (χ0) is 21.3. The Labute approximate surface area is 175 Å². The third kappa shape index (κ3) is 4.07. The summed E-state index contributed by atoms with van der Waals surface area (Å²) in [7, 11) is 0. The van der Waals surface area contributed by atoms with E-state index in [1.165, 1.54) is 12.1 Å². The fraction of sp³-hybridized carbons (Fsp3) is 0.136. The van der Waals surface area contributed by atoms with Crippen LogP contribution < -0.4 is 14.8 Å². The molecule has 0 radical (unpaired) electrons. The molecule has 3 aromatic rings. The second kappa shape index (κ2) is 7.91. The number of fused-ring (bicyclic) bond motifs is 1. The van der Waals surface area contributed by atoms with E-state index < -0.39 is 17.6 Å². The van der Waals surface area contributed by atoms with Crippen molar-refractivity contribution in [2.45, 2.75) is 6.18 Å². The van der Waals surface area contributed by atoms with E-state index in [0.29, 0.717) is 47.1 Å². The second-order valence-corrected chi connectivity index (χ2v) is 6.96. The summed E-state index contributed by atoms with van der Waals surface area (Å²) >= 11 is 6.25. The summed E-state index contributed by atoms with van der Waals surface area (Å²) in [5.41, 5.74) is 0.868. The molecule has 1 heterocycles. The molecule has 1 aliphatic rings. The first-order valence-electron chi connectivity index (χ1n) is 9.00. The summed E-state index contributed by atoms with van der Waals surface area (Å²) < 4.78 is 49.5. The van der Waals surface area contributed by atoms with Gasteiger partial charge in [0, 0.05) is 17.7 Å². The van der Waals surface area contributed by atoms with Crippen LogP contribution in [-0.2, 0) is 6.18 Å². The minimum Gasteiger partial charge on any atom is -0.486 e. The standard InChI is InChI=1S/C22H15ClF3NO3/c23-17-11-19-20(30-10-9-29-19)12-18(17)27-21(28)16-4-2-1-3-15(16)13-5-7-14(8-6-13)22(24,25)26/h1-8,11-12H,9-10H2,(H,27,28). The van der Waals surface area contributed by atoms with Crippen LogP contribution in [0.25, 0.3) is 11.1 Å². The smallest absolute Gasteiger partial charge is 0.416 e. The highest BCUT2D eigenvalue weighted by Crippen LogP contribution is 2.38. The van der Waals surface area contributed by atoms with E-state index >= 15 is 0 Å². The van der Waals surface area contributed by atoms with Crippen LogP contribution in [0.2, 0.25) is 5.02 Å². The van der Waals surface area contributed by atoms with Crippen molar-refractivity contribution in [3.63, 3.8) is 0 Å². The van der Waals surface area contributed by atoms with Crippen molar-refractivity contribution < 1.29 is 27.4 Å². The lowest BCUT2D eigenvalue weighted by molar-refractivity contribution is -0.137. The summed E-state index contributed by atoms with van der Waals surface area (Å²) in [5.74, 6) is 0.510. The Kier molecular flexibility index (Phi) is 5.30. The van der Waals surface area contributed by atoms with Crippen molar-refractivity contribution in [2.24, 2.45) is 0 Å². The van der Waals surface area contributed by atoms with Crippen molar-refractivity contribution >= 4 is 23.2 Å². The molecule has 1 aliphatic heterocycles. The summed E-state index contributed by atoms with van der Waals surface area (Å²) in [6.07, 6.45) is -4.43. The second-order valence-electron chi connectivity index (χ2n) is 6.55. The van der Waals surface area contributed by atoms with Crippen LogP contribution in [0.4, 0.5) is 18.9 Å². The third-order valence-corrected chi connectivity index (χ3v) is 4.89. The lowest BCUT2D eigenvalue weighted by Gasteiger charge is -2.20. The topological polar surface area (TPSA) is 47.6 Å². The number of amides is 1. The van der Waals surface area contributed by atoms with E-state index in [4.69, 9.17) is 21.1 Å². The molecular formula is C22H15ClF3NO3. The van der Waals surface area contributed by atoms with Crippen LogP contribution in [0.3, 0.4) is 0 Å². The predicted molar refractivity (Wildman–Crippen MR) is 107 cm³/mol. The van der Waals surface area contributed by atoms with Crippen LogP contribution in [-0.4, -0.2) is 19.1 Å². The van der Waals surface area contributed by atoms with Gasteiger partial charge in [0.1, 0.15) is 13.2 Å². The van der Waals surface area contributed by atoms with E-state index in [-0.39, 0.29) is 5.02 Å². The van der Waals surface area contributed by atoms with Gasteiger partial charge in [-0.3, -0.25) is 4.79 Å². The zero-order valence-electron chi connectivity index (χ0n) is 15.4. The Balaban J connectivity index is 1.63. The first-order chi connectivity index (χ1) is 14.3. The van der Waals surface area contributed by atoms with Gasteiger partial charge in [0.05, 0.1) is 16.3 Å². The number of hydrogen-bond donors (Lipinski definition) is 1. The highest BCUT2D eigenvalue weighted by atomic mass is 35.5. The average molecular weight is 434 g/mol. The lowest BCUT2D eigenvalue weighted by Crippen LogP contribution is -2.17. The molecule has 3 aromatic carbocycles. The maximum Gasteiger partial charge on any atom is 0.416 e. The molecule has 30 heavy (non-hydrogen) atoms. The molecule has 0 atom stereocenters. The molecule has 0 aliphatic carbocycles. The Morgan fingerprint density at radius 3 is 2.23 bits per heavy atom. The minimum atomic E-state index is -4.43. The van der Waals surface area contributed by atoms with Gasteiger partial charge in [-0.05, 0) is 29.3 Å². The zero-order valence-corrected chi connectivity index (χ0v) is 16.2. The van der Waals surface area contributed by atoms with E-state index in [9.17, 15) is 18.0 Å². The van der Waals surface area contributed by atoms with Crippen LogP contribution in [0, 0.1) is 0 Å². The van der Waals surface area contributed by atoms with Crippen LogP contribution in [0.1, 0.15) is 15.9 Å². The summed E-state index contributed by atoms with van der Waals surface area (Å²) in [6.45, 7) is 0.800. The molecule has 4 rings (SSSR count). The monoisotopic (exact) mass is 433 g/mol. The predicted octanol–water partition coefficient (Wildman–Crippen LogP) is 6.05. The van der Waals surface area contributed by atoms with Crippen molar-refractivity contribution in [1.29, 1.82) is 0 Å². The molecule has 1 N–H and O–H groups in total. The molecule has 0 saturated carbocycles. The van der Waals surface area contributed by atoms with E-state index in [0.717, 1.165) is 12.1 Å². The molecule has 0 fully saturated rings. The fourth-order valence-electron chi connectivity index (χ4n) is 3.12. The Morgan fingerprint density at radius 2 is 1.57 bits per heavy atom. The molecular weight excluding hydrogens is 419 g/mol. The first kappa shape index (κ1) is 20.1. The number of nitrogens with one attached hydrogen (secondary N) is 1. The Hall–Kier alpha value is -3.19. The van der Waals surface area contributed by atoms with Crippen molar-refractivity contribution in [3.8, 4) is 22.6 Å². The summed E-state index contributed by atoms with van der Waals surface area (Å²) in [6, 6.07) is 14.4. The van der Waals surface area contributed by atoms with Gasteiger partial charge in [-0.15, -0.1) is 0 Å². The number of halogens is 4. The van der Waals surface area contributed by atoms with E-state index in [1.54, 1.807) is 36.4 Å². The number of hydrogen-bond acceptors (Lipinski definition) is 3. The molecule has 0 spiro atoms. The van der Waals surface area contributed by atoms with Crippen LogP contribution in [0.5, 0.6) is 11.5 Å². The molecule has 0 saturated heterocycles. The van der Waals surface area contributed by atoms with E-state index in [2.05, 4.69) is 5.32 Å². The number of carbonyl (C=O) groups excluding carboxylic acids is 1. The van der Waals surface area contributed by atoms with Gasteiger partial charge in [-0.2, -0.15) is 13.2 Å². The first-order valence-corrected chi connectivity index (χ1v) is 9.38. The van der Waals surface area contributed by atoms with Gasteiger partial charge < -0.3 is 14.8 Å². The average Bonchev–Trinajstić information content (AvgIpc) is 2.74. The van der Waals surface area contributed by atoms with Gasteiger partial charge in [0.2, 0.25) is 0 Å². The van der Waals surface area contributed by atoms with Gasteiger partial charge >= 0.3 is 6.18 Å². The molecule has 0 bridgehead atoms. The third-order valence-electron chi connectivity index (χ3n) is 4.57. The fourth-order valence-corrected chi connectivity index (χ4v) is 3.32. The van der Waals surface area contributed by atoms with Gasteiger partial charge in [-0.25, -0.2) is 0 Å². The summed E-state index contributed by atoms with van der Waals surface area (Å²) in [4.78, 5) is 12.9. The molecule has 154 valence electrons. The van der Waals surface area contributed by atoms with Crippen LogP contribution in [0.15, 0.2) is 60.7 Å². The van der Waals surface area contributed by atoms with Gasteiger partial charge in [0.25, 0.3) is 5.91 Å². The maximum atomic E-state index is 12.9. The number of alkyl halides is 3. The van der Waals surface area contributed by atoms with Crippen molar-refractivity contribution in [2.75, 3.05) is 18.5 Å². The number of carbonyl (C=O) groups is 1. The highest BCUT2D eigenvalue weighted by molar-refractivity contribution is 6.34. The number of rotatable bonds is 3. The normalized spacial score (nSPS) is 13.1. The van der Waals surface area contributed by atoms with Crippen molar-refractivity contribution in [3.05, 3.63) is 76.8 Å². The van der Waals surface area contributed by atoms with Gasteiger partial charge in [-0.1, -0.05) is 41.9 Å². The quantitative estimate of drug-likeness (QED) is 0.547. The molecule has 0 aromatic heterocycles. The lowest BCUT2D eigenvalue weighted by atomic mass is 9.98. The number of benzene rings is 3.